The summed E-state index contributed by atoms with van der Waals surface area (Å²) >= 11 is 1.57. The van der Waals surface area contributed by atoms with E-state index in [2.05, 4.69) is 17.3 Å². The van der Waals surface area contributed by atoms with E-state index in [1.165, 1.54) is 5.56 Å². The van der Waals surface area contributed by atoms with Crippen molar-refractivity contribution < 1.29 is 5.21 Å². The minimum absolute atomic E-state index is 0.675. The van der Waals surface area contributed by atoms with Crippen molar-refractivity contribution in [3.63, 3.8) is 0 Å². The molecule has 1 N–H and O–H groups in total. The molecule has 0 unspecified atom stereocenters. The predicted octanol–water partition coefficient (Wildman–Crippen LogP) is 3.95. The van der Waals surface area contributed by atoms with Crippen LogP contribution in [0.15, 0.2) is 65.8 Å². The fourth-order valence-corrected chi connectivity index (χ4v) is 2.48. The fourth-order valence-electron chi connectivity index (χ4n) is 1.63. The summed E-state index contributed by atoms with van der Waals surface area (Å²) in [6.07, 6.45) is 0.675. The van der Waals surface area contributed by atoms with E-state index < -0.39 is 0 Å². The van der Waals surface area contributed by atoms with E-state index in [1.807, 2.05) is 48.5 Å². The van der Waals surface area contributed by atoms with Crippen LogP contribution in [0.4, 0.5) is 0 Å². The lowest BCUT2D eigenvalue weighted by atomic mass is 10.2. The molecule has 92 valence electrons. The molecule has 0 fully saturated rings. The van der Waals surface area contributed by atoms with Crippen molar-refractivity contribution >= 4 is 16.8 Å². The molecule has 2 nitrogen and oxygen atoms in total. The lowest BCUT2D eigenvalue weighted by Gasteiger charge is -2.04. The van der Waals surface area contributed by atoms with Crippen LogP contribution in [-0.4, -0.2) is 10.3 Å². The first-order chi connectivity index (χ1) is 8.88. The van der Waals surface area contributed by atoms with Crippen molar-refractivity contribution in [1.29, 1.82) is 0 Å². The lowest BCUT2D eigenvalue weighted by molar-refractivity contribution is 0.320. The minimum atomic E-state index is 0.675. The van der Waals surface area contributed by atoms with Gasteiger partial charge in [-0.3, -0.25) is 0 Å². The van der Waals surface area contributed by atoms with E-state index in [0.29, 0.717) is 6.42 Å². The highest BCUT2D eigenvalue weighted by atomic mass is 32.2. The van der Waals surface area contributed by atoms with Gasteiger partial charge in [0.2, 0.25) is 0 Å². The van der Waals surface area contributed by atoms with Gasteiger partial charge in [-0.15, -0.1) is 11.8 Å². The van der Waals surface area contributed by atoms with Crippen LogP contribution in [0, 0.1) is 0 Å². The van der Waals surface area contributed by atoms with E-state index in [1.54, 1.807) is 11.8 Å². The van der Waals surface area contributed by atoms with E-state index in [4.69, 9.17) is 5.21 Å². The van der Waals surface area contributed by atoms with Crippen LogP contribution >= 0.6 is 11.8 Å². The molecule has 2 rings (SSSR count). The van der Waals surface area contributed by atoms with E-state index in [0.717, 1.165) is 16.4 Å². The first-order valence-electron chi connectivity index (χ1n) is 5.80. The summed E-state index contributed by atoms with van der Waals surface area (Å²) in [7, 11) is 0. The third kappa shape index (κ3) is 3.93. The van der Waals surface area contributed by atoms with Gasteiger partial charge in [0, 0.05) is 12.2 Å². The quantitative estimate of drug-likeness (QED) is 0.389. The van der Waals surface area contributed by atoms with Gasteiger partial charge in [-0.05, 0) is 11.1 Å². The highest BCUT2D eigenvalue weighted by Crippen LogP contribution is 2.16. The number of hydrogen-bond donors (Lipinski definition) is 1. The van der Waals surface area contributed by atoms with Gasteiger partial charge in [-0.2, -0.15) is 0 Å². The number of benzene rings is 2. The molecule has 0 bridgehead atoms. The molecule has 0 aliphatic heterocycles. The Morgan fingerprint density at radius 3 is 2.00 bits per heavy atom. The molecule has 3 heteroatoms. The van der Waals surface area contributed by atoms with E-state index in [-0.39, 0.29) is 0 Å². The van der Waals surface area contributed by atoms with Gasteiger partial charge in [0.1, 0.15) is 5.04 Å². The van der Waals surface area contributed by atoms with Gasteiger partial charge in [-0.25, -0.2) is 0 Å². The van der Waals surface area contributed by atoms with Crippen molar-refractivity contribution in [2.75, 3.05) is 0 Å². The van der Waals surface area contributed by atoms with E-state index >= 15 is 0 Å². The van der Waals surface area contributed by atoms with Gasteiger partial charge in [-0.1, -0.05) is 65.8 Å². The lowest BCUT2D eigenvalue weighted by Crippen LogP contribution is -1.99. The Labute approximate surface area is 111 Å². The molecule has 0 spiro atoms. The molecule has 0 amide bonds. The fraction of sp³-hybridized carbons (Fsp3) is 0.133. The molecular weight excluding hydrogens is 242 g/mol. The minimum Gasteiger partial charge on any atom is -0.410 e. The topological polar surface area (TPSA) is 32.6 Å². The standard InChI is InChI=1S/C15H15NOS/c17-16-15(11-13-7-3-1-4-8-13)18-12-14-9-5-2-6-10-14/h1-10,17H,11-12H2/b16-15-. The number of hydrogen-bond acceptors (Lipinski definition) is 3. The van der Waals surface area contributed by atoms with Gasteiger partial charge in [0.15, 0.2) is 0 Å². The Balaban J connectivity index is 1.91. The van der Waals surface area contributed by atoms with Crippen LogP contribution in [-0.2, 0) is 12.2 Å². The van der Waals surface area contributed by atoms with Crippen molar-refractivity contribution in [3.8, 4) is 0 Å². The second-order valence-corrected chi connectivity index (χ2v) is 4.98. The molecular formula is C15H15NOS. The average molecular weight is 257 g/mol. The average Bonchev–Trinajstić information content (AvgIpc) is 2.45. The van der Waals surface area contributed by atoms with Gasteiger partial charge < -0.3 is 5.21 Å². The largest absolute Gasteiger partial charge is 0.410 e. The maximum Gasteiger partial charge on any atom is 0.117 e. The summed E-state index contributed by atoms with van der Waals surface area (Å²) in [5.74, 6) is 0.826. The van der Waals surface area contributed by atoms with E-state index in [9.17, 15) is 0 Å². The highest BCUT2D eigenvalue weighted by molar-refractivity contribution is 8.13. The third-order valence-electron chi connectivity index (χ3n) is 2.56. The summed E-state index contributed by atoms with van der Waals surface area (Å²) in [5, 5.41) is 13.2. The Hall–Kier alpha value is -1.74. The number of rotatable bonds is 4. The SMILES string of the molecule is O/N=C(/Cc1ccccc1)SCc1ccccc1. The normalized spacial score (nSPS) is 11.4. The molecule has 0 saturated carbocycles. The number of nitrogens with zero attached hydrogens (tertiary/aromatic N) is 1. The molecule has 2 aromatic rings. The zero-order chi connectivity index (χ0) is 12.6. The maximum absolute atomic E-state index is 9.03. The van der Waals surface area contributed by atoms with Crippen LogP contribution in [0.1, 0.15) is 11.1 Å². The first-order valence-corrected chi connectivity index (χ1v) is 6.78. The molecule has 0 radical (unpaired) electrons. The van der Waals surface area contributed by atoms with Crippen molar-refractivity contribution in [2.24, 2.45) is 5.16 Å². The number of thioether (sulfide) groups is 1. The maximum atomic E-state index is 9.03. The predicted molar refractivity (Wildman–Crippen MR) is 77.1 cm³/mol. The van der Waals surface area contributed by atoms with Crippen LogP contribution in [0.3, 0.4) is 0 Å². The van der Waals surface area contributed by atoms with Crippen LogP contribution in [0.5, 0.6) is 0 Å². The molecule has 0 saturated heterocycles. The van der Waals surface area contributed by atoms with Gasteiger partial charge in [0.25, 0.3) is 0 Å². The summed E-state index contributed by atoms with van der Waals surface area (Å²) < 4.78 is 0. The molecule has 18 heavy (non-hydrogen) atoms. The zero-order valence-corrected chi connectivity index (χ0v) is 10.8. The monoisotopic (exact) mass is 257 g/mol. The Kier molecular flexibility index (Phi) is 4.85. The Morgan fingerprint density at radius 1 is 0.889 bits per heavy atom. The third-order valence-corrected chi connectivity index (χ3v) is 3.59. The second-order valence-electron chi connectivity index (χ2n) is 3.93. The number of oxime groups is 1. The van der Waals surface area contributed by atoms with Crippen LogP contribution in [0.2, 0.25) is 0 Å². The van der Waals surface area contributed by atoms with Gasteiger partial charge >= 0.3 is 0 Å². The van der Waals surface area contributed by atoms with Crippen LogP contribution < -0.4 is 0 Å². The summed E-state index contributed by atoms with van der Waals surface area (Å²) in [5.41, 5.74) is 2.39. The molecule has 2 aromatic carbocycles. The second kappa shape index (κ2) is 6.87. The Morgan fingerprint density at radius 2 is 1.44 bits per heavy atom. The Bertz CT molecular complexity index is 496. The summed E-state index contributed by atoms with van der Waals surface area (Å²) in [6, 6.07) is 20.2. The molecule has 0 aliphatic rings. The van der Waals surface area contributed by atoms with Gasteiger partial charge in [0.05, 0.1) is 0 Å². The van der Waals surface area contributed by atoms with Crippen molar-refractivity contribution in [1.82, 2.24) is 0 Å². The summed E-state index contributed by atoms with van der Waals surface area (Å²) in [6.45, 7) is 0. The summed E-state index contributed by atoms with van der Waals surface area (Å²) in [4.78, 5) is 0. The molecule has 0 aromatic heterocycles. The molecule has 0 heterocycles. The molecule has 0 atom stereocenters. The molecule has 0 aliphatic carbocycles. The van der Waals surface area contributed by atoms with Crippen LogP contribution in [0.25, 0.3) is 0 Å². The highest BCUT2D eigenvalue weighted by Gasteiger charge is 2.03. The first kappa shape index (κ1) is 12.7. The van der Waals surface area contributed by atoms with Crippen molar-refractivity contribution in [2.45, 2.75) is 12.2 Å². The van der Waals surface area contributed by atoms with Crippen molar-refractivity contribution in [3.05, 3.63) is 71.8 Å². The zero-order valence-electron chi connectivity index (χ0n) is 9.99. The smallest absolute Gasteiger partial charge is 0.117 e.